The molecule has 0 aliphatic carbocycles. The molecular formula is C34H41F4N3O4. The molecule has 0 aromatic heterocycles. The zero-order valence-corrected chi connectivity index (χ0v) is 26.2. The van der Waals surface area contributed by atoms with Crippen LogP contribution in [0.25, 0.3) is 5.57 Å². The van der Waals surface area contributed by atoms with Crippen LogP contribution in [0.15, 0.2) is 48.5 Å². The van der Waals surface area contributed by atoms with Gasteiger partial charge in [0.2, 0.25) is 5.67 Å². The normalized spacial score (nSPS) is 23.6. The minimum absolute atomic E-state index is 0.0472. The number of benzene rings is 2. The van der Waals surface area contributed by atoms with E-state index in [0.29, 0.717) is 61.5 Å². The molecule has 2 fully saturated rings. The predicted molar refractivity (Wildman–Crippen MR) is 164 cm³/mol. The van der Waals surface area contributed by atoms with Crippen molar-refractivity contribution in [3.63, 3.8) is 0 Å². The van der Waals surface area contributed by atoms with E-state index >= 15 is 4.39 Å². The molecule has 0 unspecified atom stereocenters. The minimum Gasteiger partial charge on any atom is -0.497 e. The number of halogens is 4. The molecule has 45 heavy (non-hydrogen) atoms. The Balaban J connectivity index is 1.40. The first-order valence-corrected chi connectivity index (χ1v) is 15.4. The first-order valence-electron chi connectivity index (χ1n) is 15.4. The van der Waals surface area contributed by atoms with Crippen molar-refractivity contribution in [1.82, 2.24) is 9.80 Å². The number of likely N-dealkylation sites (tertiary alicyclic amines) is 1. The van der Waals surface area contributed by atoms with E-state index in [-0.39, 0.29) is 25.2 Å². The highest BCUT2D eigenvalue weighted by molar-refractivity contribution is 5.89. The van der Waals surface area contributed by atoms with Crippen LogP contribution >= 0.6 is 0 Å². The van der Waals surface area contributed by atoms with Crippen LogP contribution < -0.4 is 9.64 Å². The number of ether oxygens (including phenoxy) is 1. The van der Waals surface area contributed by atoms with Crippen LogP contribution in [0.5, 0.6) is 5.75 Å². The summed E-state index contributed by atoms with van der Waals surface area (Å²) in [6.45, 7) is 7.32. The summed E-state index contributed by atoms with van der Waals surface area (Å²) in [6.07, 6.45) is -1.70. The number of carbonyl (C=O) groups excluding carboxylic acids is 1. The summed E-state index contributed by atoms with van der Waals surface area (Å²) >= 11 is 0. The molecule has 3 aliphatic heterocycles. The van der Waals surface area contributed by atoms with Gasteiger partial charge in [-0.1, -0.05) is 24.3 Å². The molecule has 2 atom stereocenters. The molecule has 5 rings (SSSR count). The number of carbonyl (C=O) groups is 2. The second kappa shape index (κ2) is 12.3. The molecule has 3 heterocycles. The average molecular weight is 632 g/mol. The van der Waals surface area contributed by atoms with E-state index in [2.05, 4.69) is 0 Å². The first-order chi connectivity index (χ1) is 21.1. The largest absolute Gasteiger partial charge is 0.497 e. The van der Waals surface area contributed by atoms with Crippen LogP contribution in [0, 0.1) is 5.92 Å². The summed E-state index contributed by atoms with van der Waals surface area (Å²) in [7, 11) is 1.56. The van der Waals surface area contributed by atoms with Gasteiger partial charge in [0.1, 0.15) is 5.75 Å². The van der Waals surface area contributed by atoms with E-state index in [1.807, 2.05) is 30.6 Å². The standard InChI is InChI=1S/C34H41F4N3O4/c1-32(2,3)41-20-28(23-5-8-26(45-4)9-6-23)33(35,21-41)31(44)40-17-11-22(12-18-40)27-10-7-25(34(36,37)38)19-29(27)39-15-13-24(14-16-39)30(42)43/h5-11,19,24,28H,12-18,20-21H2,1-4H3,(H,42,43)/t28-,33-/m0/s1. The fourth-order valence-corrected chi connectivity index (χ4v) is 6.72. The number of piperidine rings is 1. The topological polar surface area (TPSA) is 73.3 Å². The Hall–Kier alpha value is -3.60. The molecule has 2 saturated heterocycles. The zero-order chi connectivity index (χ0) is 32.7. The number of methoxy groups -OCH3 is 1. The van der Waals surface area contributed by atoms with Crippen LogP contribution in [0.1, 0.15) is 62.6 Å². The summed E-state index contributed by atoms with van der Waals surface area (Å²) < 4.78 is 63.5. The Morgan fingerprint density at radius 1 is 1.00 bits per heavy atom. The smallest absolute Gasteiger partial charge is 0.416 e. The third-order valence-corrected chi connectivity index (χ3v) is 9.55. The highest BCUT2D eigenvalue weighted by Gasteiger charge is 2.56. The quantitative estimate of drug-likeness (QED) is 0.381. The van der Waals surface area contributed by atoms with Crippen LogP contribution in [-0.2, 0) is 15.8 Å². The third kappa shape index (κ3) is 6.68. The van der Waals surface area contributed by atoms with Crippen molar-refractivity contribution >= 4 is 23.1 Å². The van der Waals surface area contributed by atoms with Crippen molar-refractivity contribution in [1.29, 1.82) is 0 Å². The first kappa shape index (κ1) is 32.8. The van der Waals surface area contributed by atoms with Crippen molar-refractivity contribution in [2.24, 2.45) is 5.92 Å². The molecule has 0 saturated carbocycles. The number of hydrogen-bond donors (Lipinski definition) is 1. The Bertz CT molecular complexity index is 1440. The Morgan fingerprint density at radius 3 is 2.20 bits per heavy atom. The maximum Gasteiger partial charge on any atom is 0.416 e. The Kier molecular flexibility index (Phi) is 8.96. The maximum atomic E-state index is 17.1. The second-order valence-corrected chi connectivity index (χ2v) is 13.3. The molecule has 2 aromatic carbocycles. The molecule has 0 bridgehead atoms. The van der Waals surface area contributed by atoms with E-state index in [4.69, 9.17) is 4.74 Å². The molecule has 11 heteroatoms. The zero-order valence-electron chi connectivity index (χ0n) is 26.2. The highest BCUT2D eigenvalue weighted by atomic mass is 19.4. The van der Waals surface area contributed by atoms with Crippen LogP contribution in [0.4, 0.5) is 23.2 Å². The minimum atomic E-state index is -4.53. The number of carboxylic acids is 1. The van der Waals surface area contributed by atoms with Crippen molar-refractivity contribution in [3.05, 3.63) is 65.2 Å². The van der Waals surface area contributed by atoms with Gasteiger partial charge in [0.25, 0.3) is 5.91 Å². The summed E-state index contributed by atoms with van der Waals surface area (Å²) in [5.41, 5.74) is -0.776. The monoisotopic (exact) mass is 631 g/mol. The number of anilines is 1. The van der Waals surface area contributed by atoms with Gasteiger partial charge < -0.3 is 19.6 Å². The van der Waals surface area contributed by atoms with Crippen molar-refractivity contribution in [2.75, 3.05) is 51.3 Å². The van der Waals surface area contributed by atoms with Crippen LogP contribution in [0.2, 0.25) is 0 Å². The third-order valence-electron chi connectivity index (χ3n) is 9.55. The molecule has 0 spiro atoms. The average Bonchev–Trinajstić information content (AvgIpc) is 3.39. The number of nitrogens with zero attached hydrogens (tertiary/aromatic N) is 3. The van der Waals surface area contributed by atoms with Crippen molar-refractivity contribution in [3.8, 4) is 5.75 Å². The number of rotatable bonds is 6. The highest BCUT2D eigenvalue weighted by Crippen LogP contribution is 2.44. The molecule has 1 amide bonds. The van der Waals surface area contributed by atoms with Crippen LogP contribution in [0.3, 0.4) is 0 Å². The molecule has 2 aromatic rings. The summed E-state index contributed by atoms with van der Waals surface area (Å²) in [5, 5.41) is 9.38. The second-order valence-electron chi connectivity index (χ2n) is 13.3. The lowest BCUT2D eigenvalue weighted by atomic mass is 9.84. The van der Waals surface area contributed by atoms with Crippen molar-refractivity contribution < 1.29 is 37.0 Å². The number of amides is 1. The lowest BCUT2D eigenvalue weighted by Crippen LogP contribution is -2.52. The Labute approximate surface area is 261 Å². The van der Waals surface area contributed by atoms with Gasteiger partial charge in [-0.15, -0.1) is 0 Å². The van der Waals surface area contributed by atoms with Gasteiger partial charge in [-0.25, -0.2) is 4.39 Å². The molecule has 244 valence electrons. The van der Waals surface area contributed by atoms with E-state index in [1.165, 1.54) is 11.0 Å². The fourth-order valence-electron chi connectivity index (χ4n) is 6.72. The van der Waals surface area contributed by atoms with E-state index in [1.54, 1.807) is 37.5 Å². The van der Waals surface area contributed by atoms with Gasteiger partial charge in [0.05, 0.1) is 18.6 Å². The van der Waals surface area contributed by atoms with Crippen LogP contribution in [-0.4, -0.2) is 84.4 Å². The molecule has 7 nitrogen and oxygen atoms in total. The number of carboxylic acid groups (broad SMARTS) is 1. The molecule has 1 N–H and O–H groups in total. The van der Waals surface area contributed by atoms with Gasteiger partial charge in [0.15, 0.2) is 0 Å². The van der Waals surface area contributed by atoms with E-state index in [9.17, 15) is 27.9 Å². The van der Waals surface area contributed by atoms with Gasteiger partial charge in [-0.3, -0.25) is 14.5 Å². The lowest BCUT2D eigenvalue weighted by molar-refractivity contribution is -0.144. The van der Waals surface area contributed by atoms with Crippen molar-refractivity contribution in [2.45, 2.75) is 63.3 Å². The molecule has 3 aliphatic rings. The van der Waals surface area contributed by atoms with E-state index in [0.717, 1.165) is 17.7 Å². The van der Waals surface area contributed by atoms with Gasteiger partial charge in [-0.2, -0.15) is 13.2 Å². The summed E-state index contributed by atoms with van der Waals surface area (Å²) in [4.78, 5) is 30.8. The number of aliphatic carboxylic acids is 1. The fraction of sp³-hybridized carbons (Fsp3) is 0.529. The lowest BCUT2D eigenvalue weighted by Gasteiger charge is -2.37. The SMILES string of the molecule is COc1ccc([C@@H]2CN(C(C)(C)C)C[C@@]2(F)C(=O)N2CC=C(c3ccc(C(F)(F)F)cc3N3CCC(C(=O)O)CC3)CC2)cc1. The summed E-state index contributed by atoms with van der Waals surface area (Å²) in [6, 6.07) is 10.8. The molecule has 0 radical (unpaired) electrons. The van der Waals surface area contributed by atoms with Gasteiger partial charge in [0, 0.05) is 62.0 Å². The number of hydrogen-bond acceptors (Lipinski definition) is 5. The molecular weight excluding hydrogens is 590 g/mol. The maximum absolute atomic E-state index is 17.1. The van der Waals surface area contributed by atoms with E-state index < -0.39 is 41.1 Å². The van der Waals surface area contributed by atoms with Gasteiger partial charge >= 0.3 is 12.1 Å². The number of alkyl halides is 4. The predicted octanol–water partition coefficient (Wildman–Crippen LogP) is 6.24. The van der Waals surface area contributed by atoms with Gasteiger partial charge in [-0.05, 0) is 75.4 Å². The Morgan fingerprint density at radius 2 is 1.67 bits per heavy atom. The summed E-state index contributed by atoms with van der Waals surface area (Å²) in [5.74, 6) is -2.05.